The van der Waals surface area contributed by atoms with E-state index in [1.54, 1.807) is 4.90 Å². The summed E-state index contributed by atoms with van der Waals surface area (Å²) in [6, 6.07) is 14.9. The topological polar surface area (TPSA) is 270 Å². The fourth-order valence-corrected chi connectivity index (χ4v) is 6.77. The standard InChI is InChI=1S/C36H38N8O12S/c45-31(30-17-29(57)20-41(30)36(49)56-21-24-5-11-28(12-6-24)44(54)55)18-34(48)37-25-13-14-40(19-25)35(38-32(46)15-22-1-7-26(8-2-22)42(50)51)39-33(47)16-23-3-9-27(10-4-23)43(52)53/h1-12,25,29-31,45,57H,13-21H2,(H,37,48)(H,38,39,46,47)/t25-,29-,30-,31?/m0/s1. The van der Waals surface area contributed by atoms with Crippen molar-refractivity contribution in [1.29, 1.82) is 0 Å². The predicted octanol–water partition coefficient (Wildman–Crippen LogP) is 2.85. The van der Waals surface area contributed by atoms with E-state index in [4.69, 9.17) is 4.74 Å². The maximum Gasteiger partial charge on any atom is 0.410 e. The molecule has 4 atom stereocenters. The van der Waals surface area contributed by atoms with Crippen LogP contribution in [-0.2, 0) is 38.6 Å². The number of aliphatic hydroxyl groups excluding tert-OH is 1. The van der Waals surface area contributed by atoms with Gasteiger partial charge in [-0.25, -0.2) is 4.79 Å². The largest absolute Gasteiger partial charge is 0.445 e. The highest BCUT2D eigenvalue weighted by Gasteiger charge is 2.40. The normalized spacial score (nSPS) is 18.4. The van der Waals surface area contributed by atoms with E-state index < -0.39 is 56.8 Å². The van der Waals surface area contributed by atoms with Gasteiger partial charge in [-0.3, -0.25) is 50.0 Å². The Labute approximate surface area is 329 Å². The molecular weight excluding hydrogens is 769 g/mol. The molecule has 0 aliphatic carbocycles. The van der Waals surface area contributed by atoms with Gasteiger partial charge in [0.2, 0.25) is 17.8 Å². The first kappa shape index (κ1) is 41.7. The predicted molar refractivity (Wildman–Crippen MR) is 204 cm³/mol. The average molecular weight is 807 g/mol. The third-order valence-corrected chi connectivity index (χ3v) is 9.63. The molecule has 1 unspecified atom stereocenters. The first-order chi connectivity index (χ1) is 27.1. The van der Waals surface area contributed by atoms with Crippen molar-refractivity contribution in [1.82, 2.24) is 20.4 Å². The summed E-state index contributed by atoms with van der Waals surface area (Å²) >= 11 is 4.46. The van der Waals surface area contributed by atoms with Gasteiger partial charge in [-0.2, -0.15) is 17.6 Å². The molecule has 3 aromatic carbocycles. The zero-order chi connectivity index (χ0) is 41.2. The summed E-state index contributed by atoms with van der Waals surface area (Å²) in [6.45, 7) is 0.362. The zero-order valence-electron chi connectivity index (χ0n) is 30.2. The van der Waals surface area contributed by atoms with Crippen molar-refractivity contribution in [3.8, 4) is 0 Å². The van der Waals surface area contributed by atoms with Crippen LogP contribution >= 0.6 is 12.6 Å². The van der Waals surface area contributed by atoms with E-state index in [9.17, 15) is 54.6 Å². The number of ether oxygens (including phenoxy) is 1. The number of nitro benzene ring substituents is 3. The van der Waals surface area contributed by atoms with Crippen LogP contribution in [0.15, 0.2) is 77.8 Å². The minimum absolute atomic E-state index is 0.0979. The van der Waals surface area contributed by atoms with E-state index in [0.29, 0.717) is 23.1 Å². The van der Waals surface area contributed by atoms with Gasteiger partial charge in [0.1, 0.15) is 6.61 Å². The number of likely N-dealkylation sites (tertiary alicyclic amines) is 2. The molecule has 2 heterocycles. The van der Waals surface area contributed by atoms with Crippen LogP contribution in [0, 0.1) is 30.3 Å². The minimum atomic E-state index is -1.28. The number of hydrogen-bond donors (Lipinski definition) is 4. The Hall–Kier alpha value is -6.48. The molecule has 0 spiro atoms. The number of aliphatic hydroxyl groups is 1. The number of rotatable bonds is 13. The van der Waals surface area contributed by atoms with E-state index in [2.05, 4.69) is 28.3 Å². The van der Waals surface area contributed by atoms with E-state index >= 15 is 0 Å². The first-order valence-electron chi connectivity index (χ1n) is 17.6. The van der Waals surface area contributed by atoms with Crippen LogP contribution in [0.25, 0.3) is 0 Å². The molecule has 0 aromatic heterocycles. The summed E-state index contributed by atoms with van der Waals surface area (Å²) in [4.78, 5) is 90.6. The molecule has 2 fully saturated rings. The third-order valence-electron chi connectivity index (χ3n) is 9.25. The lowest BCUT2D eigenvalue weighted by Crippen LogP contribution is -2.47. The number of amides is 4. The number of aliphatic imine (C=N–C) groups is 1. The number of benzene rings is 3. The molecule has 21 heteroatoms. The Balaban J connectivity index is 1.19. The zero-order valence-corrected chi connectivity index (χ0v) is 31.1. The SMILES string of the molecule is O=C(Cc1ccc([N+](=O)[O-])cc1)N=C(NC(=O)Cc1ccc([N+](=O)[O-])cc1)N1CC[C@H](NC(=O)CC(O)[C@@H]2C[C@H](S)CN2C(=O)OCc2ccc([N+](=O)[O-])cc2)C1. The van der Waals surface area contributed by atoms with Crippen molar-refractivity contribution in [2.45, 2.75) is 62.1 Å². The molecular formula is C36H38N8O12S. The fraction of sp³-hybridized carbons (Fsp3) is 0.361. The lowest BCUT2D eigenvalue weighted by Gasteiger charge is -2.28. The molecule has 0 radical (unpaired) electrons. The summed E-state index contributed by atoms with van der Waals surface area (Å²) in [5.74, 6) is -1.86. The summed E-state index contributed by atoms with van der Waals surface area (Å²) in [5, 5.41) is 49.2. The van der Waals surface area contributed by atoms with E-state index in [-0.39, 0.29) is 80.2 Å². The van der Waals surface area contributed by atoms with Gasteiger partial charge in [-0.15, -0.1) is 0 Å². The van der Waals surface area contributed by atoms with Crippen LogP contribution in [0.3, 0.4) is 0 Å². The molecule has 0 saturated carbocycles. The molecule has 57 heavy (non-hydrogen) atoms. The third kappa shape index (κ3) is 11.8. The van der Waals surface area contributed by atoms with Crippen molar-refractivity contribution in [2.75, 3.05) is 19.6 Å². The Morgan fingerprint density at radius 1 is 0.807 bits per heavy atom. The van der Waals surface area contributed by atoms with E-state index in [1.807, 2.05) is 0 Å². The maximum absolute atomic E-state index is 13.2. The smallest absolute Gasteiger partial charge is 0.410 e. The number of nitrogens with zero attached hydrogens (tertiary/aromatic N) is 6. The second kappa shape index (κ2) is 18.9. The summed E-state index contributed by atoms with van der Waals surface area (Å²) in [6.07, 6.45) is -2.16. The van der Waals surface area contributed by atoms with Crippen LogP contribution < -0.4 is 10.6 Å². The van der Waals surface area contributed by atoms with Crippen molar-refractivity contribution in [3.63, 3.8) is 0 Å². The van der Waals surface area contributed by atoms with Crippen LogP contribution in [0.2, 0.25) is 0 Å². The molecule has 300 valence electrons. The van der Waals surface area contributed by atoms with Gasteiger partial charge in [0.25, 0.3) is 23.0 Å². The van der Waals surface area contributed by atoms with Crippen LogP contribution in [0.1, 0.15) is 36.0 Å². The average Bonchev–Trinajstić information content (AvgIpc) is 3.80. The number of nitrogens with one attached hydrogen (secondary N) is 2. The van der Waals surface area contributed by atoms with Gasteiger partial charge in [-0.05, 0) is 41.7 Å². The summed E-state index contributed by atoms with van der Waals surface area (Å²) in [7, 11) is 0. The van der Waals surface area contributed by atoms with Gasteiger partial charge in [0.15, 0.2) is 0 Å². The molecule has 4 amide bonds. The molecule has 5 rings (SSSR count). The molecule has 20 nitrogen and oxygen atoms in total. The number of non-ortho nitro benzene ring substituents is 3. The molecule has 2 saturated heterocycles. The number of nitro groups is 3. The van der Waals surface area contributed by atoms with Gasteiger partial charge in [0, 0.05) is 67.3 Å². The van der Waals surface area contributed by atoms with Crippen molar-refractivity contribution in [3.05, 3.63) is 120 Å². The second-order valence-corrected chi connectivity index (χ2v) is 14.2. The number of thiol groups is 1. The van der Waals surface area contributed by atoms with E-state index in [0.717, 1.165) is 0 Å². The van der Waals surface area contributed by atoms with Crippen LogP contribution in [0.5, 0.6) is 0 Å². The lowest BCUT2D eigenvalue weighted by atomic mass is 10.0. The molecule has 3 N–H and O–H groups in total. The Morgan fingerprint density at radius 2 is 1.33 bits per heavy atom. The Kier molecular flexibility index (Phi) is 13.8. The number of carbonyl (C=O) groups excluding carboxylic acids is 4. The quantitative estimate of drug-likeness (QED) is 0.0637. The van der Waals surface area contributed by atoms with Gasteiger partial charge in [-0.1, -0.05) is 24.3 Å². The van der Waals surface area contributed by atoms with E-state index in [1.165, 1.54) is 77.7 Å². The molecule has 0 bridgehead atoms. The number of guanidine groups is 1. The Morgan fingerprint density at radius 3 is 1.88 bits per heavy atom. The van der Waals surface area contributed by atoms with Crippen molar-refractivity contribution in [2.24, 2.45) is 4.99 Å². The Bertz CT molecular complexity index is 2030. The molecule has 2 aliphatic rings. The monoisotopic (exact) mass is 806 g/mol. The lowest BCUT2D eigenvalue weighted by molar-refractivity contribution is -0.385. The first-order valence-corrected chi connectivity index (χ1v) is 18.1. The second-order valence-electron chi connectivity index (χ2n) is 13.4. The minimum Gasteiger partial charge on any atom is -0.445 e. The van der Waals surface area contributed by atoms with Gasteiger partial charge < -0.3 is 25.0 Å². The highest BCUT2D eigenvalue weighted by molar-refractivity contribution is 7.81. The highest BCUT2D eigenvalue weighted by Crippen LogP contribution is 2.27. The number of hydrogen-bond acceptors (Lipinski definition) is 13. The van der Waals surface area contributed by atoms with Crippen LogP contribution in [0.4, 0.5) is 21.9 Å². The highest BCUT2D eigenvalue weighted by atomic mass is 32.1. The van der Waals surface area contributed by atoms with Gasteiger partial charge >= 0.3 is 6.09 Å². The van der Waals surface area contributed by atoms with Crippen molar-refractivity contribution >= 4 is 59.5 Å². The number of carbonyl (C=O) groups is 4. The van der Waals surface area contributed by atoms with Crippen molar-refractivity contribution < 1.29 is 43.8 Å². The molecule has 2 aliphatic heterocycles. The summed E-state index contributed by atoms with van der Waals surface area (Å²) < 4.78 is 5.39. The van der Waals surface area contributed by atoms with Gasteiger partial charge in [0.05, 0.1) is 46.2 Å². The van der Waals surface area contributed by atoms with Crippen LogP contribution in [-0.4, -0.2) is 103 Å². The fourth-order valence-electron chi connectivity index (χ4n) is 6.38. The maximum atomic E-state index is 13.2. The molecule has 3 aromatic rings. The summed E-state index contributed by atoms with van der Waals surface area (Å²) in [5.41, 5.74) is 1.00.